The largest absolute Gasteiger partial charge is 0.348 e. The van der Waals surface area contributed by atoms with Crippen LogP contribution in [0.3, 0.4) is 0 Å². The first-order valence-electron chi connectivity index (χ1n) is 6.20. The third kappa shape index (κ3) is 4.91. The fourth-order valence-corrected chi connectivity index (χ4v) is 2.67. The summed E-state index contributed by atoms with van der Waals surface area (Å²) in [6, 6.07) is 0. The molecular weight excluding hydrogens is 290 g/mol. The second-order valence-electron chi connectivity index (χ2n) is 5.10. The van der Waals surface area contributed by atoms with Gasteiger partial charge in [-0.05, 0) is 32.6 Å². The molecule has 1 rings (SSSR count). The molecule has 1 atom stereocenters. The lowest BCUT2D eigenvalue weighted by atomic mass is 9.96. The highest BCUT2D eigenvalue weighted by Crippen LogP contribution is 2.38. The summed E-state index contributed by atoms with van der Waals surface area (Å²) in [4.78, 5) is 11.9. The number of carbonyl (C=O) groups excluding carboxylic acids is 1. The minimum Gasteiger partial charge on any atom is -0.348 e. The summed E-state index contributed by atoms with van der Waals surface area (Å²) in [7, 11) is -1.91. The number of hydrogen-bond acceptors (Lipinski definition) is 4. The molecule has 8 heteroatoms. The van der Waals surface area contributed by atoms with Crippen LogP contribution in [0.4, 0.5) is 0 Å². The lowest BCUT2D eigenvalue weighted by Crippen LogP contribution is -2.55. The van der Waals surface area contributed by atoms with Gasteiger partial charge in [-0.25, -0.2) is 8.42 Å². The van der Waals surface area contributed by atoms with E-state index in [0.717, 1.165) is 17.1 Å². The van der Waals surface area contributed by atoms with E-state index in [2.05, 4.69) is 5.32 Å². The van der Waals surface area contributed by atoms with E-state index in [1.54, 1.807) is 6.92 Å². The third-order valence-electron chi connectivity index (χ3n) is 3.53. The summed E-state index contributed by atoms with van der Waals surface area (Å²) >= 11 is 0. The maximum atomic E-state index is 11.9. The Hall–Kier alpha value is -0.370. The molecule has 0 saturated heterocycles. The van der Waals surface area contributed by atoms with Crippen molar-refractivity contribution in [2.45, 2.75) is 32.2 Å². The topological polar surface area (TPSA) is 92.5 Å². The number of halogens is 1. The van der Waals surface area contributed by atoms with E-state index in [0.29, 0.717) is 12.5 Å². The molecule has 6 nitrogen and oxygen atoms in total. The first kappa shape index (κ1) is 18.6. The normalized spacial score (nSPS) is 18.6. The molecule has 1 fully saturated rings. The van der Waals surface area contributed by atoms with Crippen molar-refractivity contribution in [3.8, 4) is 0 Å². The van der Waals surface area contributed by atoms with Crippen molar-refractivity contribution in [1.82, 2.24) is 9.62 Å². The lowest BCUT2D eigenvalue weighted by Gasteiger charge is -2.30. The molecule has 0 aliphatic heterocycles. The number of sulfonamides is 1. The highest BCUT2D eigenvalue weighted by atomic mass is 35.5. The van der Waals surface area contributed by atoms with Gasteiger partial charge in [0.05, 0.1) is 17.8 Å². The van der Waals surface area contributed by atoms with E-state index in [4.69, 9.17) is 5.73 Å². The number of amides is 1. The summed E-state index contributed by atoms with van der Waals surface area (Å²) < 4.78 is 24.2. The molecule has 3 N–H and O–H groups in total. The van der Waals surface area contributed by atoms with Gasteiger partial charge >= 0.3 is 0 Å². The van der Waals surface area contributed by atoms with Crippen molar-refractivity contribution in [3.05, 3.63) is 0 Å². The van der Waals surface area contributed by atoms with Gasteiger partial charge in [0.25, 0.3) is 0 Å². The zero-order valence-electron chi connectivity index (χ0n) is 11.7. The Kier molecular flexibility index (Phi) is 6.74. The molecule has 0 bridgehead atoms. The minimum atomic E-state index is -3.32. The molecule has 0 heterocycles. The number of nitrogens with zero attached hydrogens (tertiary/aromatic N) is 1. The van der Waals surface area contributed by atoms with E-state index >= 15 is 0 Å². The van der Waals surface area contributed by atoms with Gasteiger partial charge in [-0.3, -0.25) is 4.79 Å². The predicted octanol–water partition coefficient (Wildman–Crippen LogP) is -0.0667. The van der Waals surface area contributed by atoms with Crippen molar-refractivity contribution >= 4 is 28.3 Å². The molecule has 1 aliphatic rings. The number of nitrogens with two attached hydrogens (primary N) is 1. The van der Waals surface area contributed by atoms with Crippen molar-refractivity contribution in [2.24, 2.45) is 11.7 Å². The first-order chi connectivity index (χ1) is 8.25. The van der Waals surface area contributed by atoms with Crippen LogP contribution in [0.25, 0.3) is 0 Å². The van der Waals surface area contributed by atoms with Gasteiger partial charge in [0.1, 0.15) is 0 Å². The average Bonchev–Trinajstić information content (AvgIpc) is 3.12. The van der Waals surface area contributed by atoms with Crippen LogP contribution in [0, 0.1) is 5.92 Å². The Bertz CT molecular complexity index is 411. The maximum Gasteiger partial charge on any atom is 0.235 e. The van der Waals surface area contributed by atoms with Gasteiger partial charge in [-0.1, -0.05) is 0 Å². The molecular formula is C11H24ClN3O3S. The molecule has 1 aliphatic carbocycles. The molecule has 19 heavy (non-hydrogen) atoms. The number of rotatable bonds is 7. The van der Waals surface area contributed by atoms with Gasteiger partial charge in [0, 0.05) is 13.6 Å². The second kappa shape index (κ2) is 6.88. The molecule has 0 aromatic carbocycles. The summed E-state index contributed by atoms with van der Waals surface area (Å²) in [6.45, 7) is 3.68. The predicted molar refractivity (Wildman–Crippen MR) is 77.7 cm³/mol. The van der Waals surface area contributed by atoms with Crippen LogP contribution in [0.15, 0.2) is 0 Å². The number of likely N-dealkylation sites (N-methyl/N-ethyl adjacent to an activating group) is 1. The van der Waals surface area contributed by atoms with Crippen LogP contribution in [-0.2, 0) is 14.8 Å². The van der Waals surface area contributed by atoms with Crippen LogP contribution in [0.5, 0.6) is 0 Å². The van der Waals surface area contributed by atoms with Gasteiger partial charge in [0.15, 0.2) is 0 Å². The van der Waals surface area contributed by atoms with Crippen LogP contribution in [-0.4, -0.2) is 50.1 Å². The van der Waals surface area contributed by atoms with E-state index in [-0.39, 0.29) is 30.6 Å². The molecule has 0 spiro atoms. The Morgan fingerprint density at radius 1 is 1.47 bits per heavy atom. The molecule has 1 saturated carbocycles. The van der Waals surface area contributed by atoms with Crippen molar-refractivity contribution < 1.29 is 13.2 Å². The third-order valence-corrected chi connectivity index (χ3v) is 5.34. The van der Waals surface area contributed by atoms with Crippen LogP contribution in [0.2, 0.25) is 0 Å². The molecule has 114 valence electrons. The zero-order chi connectivity index (χ0) is 14.0. The number of nitrogens with one attached hydrogen (secondary N) is 1. The molecule has 0 radical (unpaired) electrons. The van der Waals surface area contributed by atoms with Crippen molar-refractivity contribution in [2.75, 3.05) is 25.9 Å². The Balaban J connectivity index is 0.00000324. The van der Waals surface area contributed by atoms with Crippen molar-refractivity contribution in [1.29, 1.82) is 0 Å². The van der Waals surface area contributed by atoms with E-state index in [1.807, 2.05) is 6.92 Å². The van der Waals surface area contributed by atoms with Gasteiger partial charge in [-0.15, -0.1) is 12.4 Å². The summed E-state index contributed by atoms with van der Waals surface area (Å²) in [5.41, 5.74) is 5.28. The second-order valence-corrected chi connectivity index (χ2v) is 7.47. The van der Waals surface area contributed by atoms with Crippen LogP contribution < -0.4 is 11.1 Å². The Morgan fingerprint density at radius 2 is 2.00 bits per heavy atom. The Morgan fingerprint density at radius 3 is 2.37 bits per heavy atom. The highest BCUT2D eigenvalue weighted by Gasteiger charge is 2.41. The maximum absolute atomic E-state index is 11.9. The summed E-state index contributed by atoms with van der Waals surface area (Å²) in [5, 5.41) is 2.86. The van der Waals surface area contributed by atoms with Gasteiger partial charge in [0.2, 0.25) is 15.9 Å². The standard InChI is InChI=1S/C11H23N3O3S.ClH/c1-4-18(16,17)14(3)7-10(15)13-11(2,8-12)9-5-6-9;/h9H,4-8,12H2,1-3H3,(H,13,15);1H. The molecule has 1 amide bonds. The zero-order valence-corrected chi connectivity index (χ0v) is 13.3. The fourth-order valence-electron chi connectivity index (χ4n) is 1.92. The molecule has 0 aromatic rings. The Labute approximate surface area is 121 Å². The van der Waals surface area contributed by atoms with Crippen LogP contribution >= 0.6 is 12.4 Å². The van der Waals surface area contributed by atoms with Gasteiger partial charge in [-0.2, -0.15) is 4.31 Å². The molecule has 1 unspecified atom stereocenters. The summed E-state index contributed by atoms with van der Waals surface area (Å²) in [6.07, 6.45) is 2.13. The summed E-state index contributed by atoms with van der Waals surface area (Å²) in [5.74, 6) is 0.113. The fraction of sp³-hybridized carbons (Fsp3) is 0.909. The average molecular weight is 314 g/mol. The smallest absolute Gasteiger partial charge is 0.235 e. The van der Waals surface area contributed by atoms with E-state index < -0.39 is 15.6 Å². The lowest BCUT2D eigenvalue weighted by molar-refractivity contribution is -0.123. The minimum absolute atomic E-state index is 0. The molecule has 0 aromatic heterocycles. The van der Waals surface area contributed by atoms with E-state index in [1.165, 1.54) is 7.05 Å². The highest BCUT2D eigenvalue weighted by molar-refractivity contribution is 7.89. The monoisotopic (exact) mass is 313 g/mol. The quantitative estimate of drug-likeness (QED) is 0.688. The number of carbonyl (C=O) groups is 1. The van der Waals surface area contributed by atoms with E-state index in [9.17, 15) is 13.2 Å². The van der Waals surface area contributed by atoms with Gasteiger partial charge < -0.3 is 11.1 Å². The first-order valence-corrected chi connectivity index (χ1v) is 7.81. The number of hydrogen-bond donors (Lipinski definition) is 2. The van der Waals surface area contributed by atoms with Crippen LogP contribution in [0.1, 0.15) is 26.7 Å². The van der Waals surface area contributed by atoms with Crippen molar-refractivity contribution in [3.63, 3.8) is 0 Å². The SMILES string of the molecule is CCS(=O)(=O)N(C)CC(=O)NC(C)(CN)C1CC1.Cl.